The Hall–Kier alpha value is -1.75. The van der Waals surface area contributed by atoms with Gasteiger partial charge in [-0.3, -0.25) is 9.59 Å². The Labute approximate surface area is 139 Å². The summed E-state index contributed by atoms with van der Waals surface area (Å²) in [6.07, 6.45) is 8.47. The number of anilines is 1. The number of amides is 2. The zero-order chi connectivity index (χ0) is 16.2. The molecule has 0 aliphatic heterocycles. The first-order chi connectivity index (χ1) is 11.1. The number of primary amides is 1. The Balaban J connectivity index is 1.57. The molecule has 2 fully saturated rings. The fourth-order valence-electron chi connectivity index (χ4n) is 4.64. The number of hydrogen-bond acceptors (Lipinski definition) is 3. The van der Waals surface area contributed by atoms with Crippen molar-refractivity contribution in [2.75, 3.05) is 11.6 Å². The Kier molecular flexibility index (Phi) is 3.30. The van der Waals surface area contributed by atoms with Gasteiger partial charge in [0.1, 0.15) is 0 Å². The van der Waals surface area contributed by atoms with Gasteiger partial charge in [-0.2, -0.15) is 0 Å². The molecule has 0 unspecified atom stereocenters. The van der Waals surface area contributed by atoms with Gasteiger partial charge in [0.2, 0.25) is 11.8 Å². The van der Waals surface area contributed by atoms with Crippen molar-refractivity contribution >= 4 is 29.3 Å². The summed E-state index contributed by atoms with van der Waals surface area (Å²) in [5.74, 6) is -0.793. The fraction of sp³-hybridized carbons (Fsp3) is 0.444. The van der Waals surface area contributed by atoms with E-state index in [1.165, 1.54) is 0 Å². The van der Waals surface area contributed by atoms with Gasteiger partial charge in [0.25, 0.3) is 0 Å². The third-order valence-electron chi connectivity index (χ3n) is 5.83. The third kappa shape index (κ3) is 2.13. The van der Waals surface area contributed by atoms with E-state index < -0.39 is 0 Å². The predicted octanol–water partition coefficient (Wildman–Crippen LogP) is 2.66. The van der Waals surface area contributed by atoms with Gasteiger partial charge in [0, 0.05) is 10.6 Å². The first-order valence-corrected chi connectivity index (χ1v) is 9.22. The largest absolute Gasteiger partial charge is 0.369 e. The lowest BCUT2D eigenvalue weighted by molar-refractivity contribution is -0.130. The fourth-order valence-corrected chi connectivity index (χ4v) is 5.05. The average Bonchev–Trinajstić information content (AvgIpc) is 3.21. The molecule has 0 radical (unpaired) electrons. The summed E-state index contributed by atoms with van der Waals surface area (Å²) in [6.45, 7) is 0. The monoisotopic (exact) mass is 328 g/mol. The van der Waals surface area contributed by atoms with Crippen LogP contribution >= 0.6 is 11.8 Å². The Morgan fingerprint density at radius 2 is 1.74 bits per heavy atom. The van der Waals surface area contributed by atoms with Crippen LogP contribution in [0.5, 0.6) is 0 Å². The number of carbonyl (C=O) groups excluding carboxylic acids is 2. The molecule has 5 heteroatoms. The summed E-state index contributed by atoms with van der Waals surface area (Å²) in [7, 11) is 0. The summed E-state index contributed by atoms with van der Waals surface area (Å²) in [4.78, 5) is 25.9. The van der Waals surface area contributed by atoms with Gasteiger partial charge in [0.05, 0.1) is 11.8 Å². The van der Waals surface area contributed by atoms with E-state index in [1.54, 1.807) is 11.8 Å². The van der Waals surface area contributed by atoms with E-state index in [1.807, 2.05) is 30.5 Å². The zero-order valence-electron chi connectivity index (χ0n) is 13.0. The number of allylic oxidation sites excluding steroid dienone is 2. The van der Waals surface area contributed by atoms with Gasteiger partial charge in [-0.25, -0.2) is 0 Å². The van der Waals surface area contributed by atoms with Gasteiger partial charge in [0.15, 0.2) is 0 Å². The zero-order valence-corrected chi connectivity index (χ0v) is 13.8. The van der Waals surface area contributed by atoms with Crippen molar-refractivity contribution in [2.45, 2.75) is 17.7 Å². The van der Waals surface area contributed by atoms with Crippen LogP contribution in [0.15, 0.2) is 41.3 Å². The predicted molar refractivity (Wildman–Crippen MR) is 90.8 cm³/mol. The van der Waals surface area contributed by atoms with E-state index >= 15 is 0 Å². The molecular weight excluding hydrogens is 308 g/mol. The van der Waals surface area contributed by atoms with Gasteiger partial charge in [-0.15, -0.1) is 11.8 Å². The molecule has 0 heterocycles. The van der Waals surface area contributed by atoms with Crippen LogP contribution in [-0.4, -0.2) is 18.1 Å². The molecule has 2 bridgehead atoms. The molecule has 4 atom stereocenters. The molecule has 4 rings (SSSR count). The van der Waals surface area contributed by atoms with E-state index in [0.717, 1.165) is 23.4 Å². The Morgan fingerprint density at radius 3 is 2.26 bits per heavy atom. The number of thioether (sulfide) groups is 1. The molecule has 0 aromatic heterocycles. The maximum atomic E-state index is 12.8. The number of nitrogens with one attached hydrogen (secondary N) is 1. The minimum Gasteiger partial charge on any atom is -0.369 e. The van der Waals surface area contributed by atoms with Gasteiger partial charge in [-0.1, -0.05) is 12.2 Å². The first kappa shape index (κ1) is 14.8. The molecule has 1 aromatic carbocycles. The average molecular weight is 328 g/mol. The van der Waals surface area contributed by atoms with Crippen molar-refractivity contribution in [3.05, 3.63) is 36.4 Å². The summed E-state index contributed by atoms with van der Waals surface area (Å²) >= 11 is 1.66. The molecule has 0 saturated heterocycles. The molecule has 1 spiro atoms. The van der Waals surface area contributed by atoms with Gasteiger partial charge >= 0.3 is 0 Å². The highest BCUT2D eigenvalue weighted by atomic mass is 32.2. The number of rotatable bonds is 4. The second kappa shape index (κ2) is 5.13. The van der Waals surface area contributed by atoms with Crippen molar-refractivity contribution in [1.29, 1.82) is 0 Å². The van der Waals surface area contributed by atoms with Crippen molar-refractivity contribution < 1.29 is 9.59 Å². The number of nitrogens with two attached hydrogens (primary N) is 1. The van der Waals surface area contributed by atoms with Crippen LogP contribution < -0.4 is 11.1 Å². The molecule has 3 aliphatic rings. The molecule has 3 N–H and O–H groups in total. The van der Waals surface area contributed by atoms with Gasteiger partial charge in [-0.05, 0) is 60.6 Å². The second-order valence-corrected chi connectivity index (χ2v) is 7.72. The molecule has 120 valence electrons. The minimum atomic E-state index is -0.363. The van der Waals surface area contributed by atoms with Crippen molar-refractivity contribution in [2.24, 2.45) is 34.8 Å². The lowest BCUT2D eigenvalue weighted by Crippen LogP contribution is -2.39. The molecule has 2 saturated carbocycles. The minimum absolute atomic E-state index is 0.0752. The van der Waals surface area contributed by atoms with Crippen LogP contribution in [0.25, 0.3) is 0 Å². The summed E-state index contributed by atoms with van der Waals surface area (Å²) < 4.78 is 0. The van der Waals surface area contributed by atoms with Crippen molar-refractivity contribution in [1.82, 2.24) is 0 Å². The van der Waals surface area contributed by atoms with E-state index in [2.05, 4.69) is 17.5 Å². The summed E-state index contributed by atoms with van der Waals surface area (Å²) in [6, 6.07) is 7.77. The quantitative estimate of drug-likeness (QED) is 0.659. The van der Waals surface area contributed by atoms with E-state index in [9.17, 15) is 9.59 Å². The van der Waals surface area contributed by atoms with Gasteiger partial charge < -0.3 is 11.1 Å². The Morgan fingerprint density at radius 1 is 1.13 bits per heavy atom. The van der Waals surface area contributed by atoms with Crippen LogP contribution in [0.2, 0.25) is 0 Å². The van der Waals surface area contributed by atoms with Crippen LogP contribution in [-0.2, 0) is 9.59 Å². The normalized spacial score (nSPS) is 32.2. The van der Waals surface area contributed by atoms with E-state index in [0.29, 0.717) is 0 Å². The summed E-state index contributed by atoms with van der Waals surface area (Å²) in [5.41, 5.74) is 6.55. The number of benzene rings is 1. The molecule has 2 amide bonds. The highest BCUT2D eigenvalue weighted by Gasteiger charge is 2.69. The Bertz CT molecular complexity index is 693. The van der Waals surface area contributed by atoms with Crippen molar-refractivity contribution in [3.8, 4) is 0 Å². The maximum Gasteiger partial charge on any atom is 0.228 e. The lowest BCUT2D eigenvalue weighted by Gasteiger charge is -2.24. The standard InChI is InChI=1S/C18H20N2O2S/c1-23-11-4-2-10(3-5-11)20-17(22)15-13-7-6-12(14(15)16(19)21)18(13)8-9-18/h2-7,12-15H,8-9H2,1H3,(H2,19,21)(H,20,22)/t12-,13+,14+,15-/m1/s1. The van der Waals surface area contributed by atoms with Crippen molar-refractivity contribution in [3.63, 3.8) is 0 Å². The summed E-state index contributed by atoms with van der Waals surface area (Å²) in [5, 5.41) is 2.98. The lowest BCUT2D eigenvalue weighted by atomic mass is 9.82. The number of carbonyl (C=O) groups is 2. The van der Waals surface area contributed by atoms with E-state index in [-0.39, 0.29) is 40.9 Å². The highest BCUT2D eigenvalue weighted by Crippen LogP contribution is 2.71. The highest BCUT2D eigenvalue weighted by molar-refractivity contribution is 7.98. The third-order valence-corrected chi connectivity index (χ3v) is 6.57. The maximum absolute atomic E-state index is 12.8. The molecular formula is C18H20N2O2S. The SMILES string of the molecule is CSc1ccc(NC(=O)[C@H]2[C@@H](C(N)=O)[C@H]3C=C[C@@H]2C32CC2)cc1. The molecule has 23 heavy (non-hydrogen) atoms. The molecule has 3 aliphatic carbocycles. The van der Waals surface area contributed by atoms with Crippen LogP contribution in [0, 0.1) is 29.1 Å². The van der Waals surface area contributed by atoms with E-state index in [4.69, 9.17) is 5.73 Å². The van der Waals surface area contributed by atoms with Crippen LogP contribution in [0.3, 0.4) is 0 Å². The van der Waals surface area contributed by atoms with Crippen LogP contribution in [0.4, 0.5) is 5.69 Å². The topological polar surface area (TPSA) is 72.2 Å². The first-order valence-electron chi connectivity index (χ1n) is 7.99. The molecule has 1 aromatic rings. The van der Waals surface area contributed by atoms with Crippen LogP contribution in [0.1, 0.15) is 12.8 Å². The number of hydrogen-bond donors (Lipinski definition) is 2. The molecule has 4 nitrogen and oxygen atoms in total. The smallest absolute Gasteiger partial charge is 0.228 e. The second-order valence-electron chi connectivity index (χ2n) is 6.84.